The summed E-state index contributed by atoms with van der Waals surface area (Å²) >= 11 is 0.829. The van der Waals surface area contributed by atoms with E-state index in [4.69, 9.17) is 10.3 Å². The number of thiophene rings is 1. The Hall–Kier alpha value is -5.37. The molecule has 6 rings (SSSR count). The molecule has 0 aliphatic carbocycles. The highest BCUT2D eigenvalue weighted by molar-refractivity contribution is 7.21. The zero-order chi connectivity index (χ0) is 30.5. The van der Waals surface area contributed by atoms with Crippen LogP contribution in [0.5, 0.6) is 11.7 Å². The zero-order valence-electron chi connectivity index (χ0n) is 21.4. The van der Waals surface area contributed by atoms with E-state index in [1.54, 1.807) is 36.4 Å². The number of aromatic nitrogens is 3. The van der Waals surface area contributed by atoms with E-state index < -0.39 is 41.2 Å². The fourth-order valence-electron chi connectivity index (χ4n) is 4.48. The molecular formula is C29H15F5N4O4S. The maximum absolute atomic E-state index is 15.0. The van der Waals surface area contributed by atoms with E-state index in [1.807, 2.05) is 0 Å². The predicted octanol–water partition coefficient (Wildman–Crippen LogP) is 5.96. The summed E-state index contributed by atoms with van der Waals surface area (Å²) in [6.07, 6.45) is -4.92. The van der Waals surface area contributed by atoms with Gasteiger partial charge in [0, 0.05) is 34.7 Å². The second kappa shape index (κ2) is 10.5. The number of fused-ring (bicyclic) bond motifs is 1. The zero-order valence-corrected chi connectivity index (χ0v) is 22.2. The summed E-state index contributed by atoms with van der Waals surface area (Å²) in [4.78, 5) is 18.5. The number of nitrogens with two attached hydrogens (primary N) is 1. The number of carbonyl (C=O) groups excluding carboxylic acids is 1. The van der Waals surface area contributed by atoms with E-state index in [2.05, 4.69) is 15.0 Å². The predicted molar refractivity (Wildman–Crippen MR) is 142 cm³/mol. The van der Waals surface area contributed by atoms with Gasteiger partial charge in [0.2, 0.25) is 5.69 Å². The molecule has 0 spiro atoms. The number of hydrogen-bond acceptors (Lipinski definition) is 8. The molecule has 14 heteroatoms. The first kappa shape index (κ1) is 27.8. The molecular weight excluding hydrogens is 595 g/mol. The highest BCUT2D eigenvalue weighted by Gasteiger charge is 2.34. The average Bonchev–Trinajstić information content (AvgIpc) is 3.52. The minimum atomic E-state index is -4.92. The molecule has 0 saturated carbocycles. The molecule has 216 valence electrons. The third-order valence-electron chi connectivity index (χ3n) is 6.34. The Labute approximate surface area is 242 Å². The van der Waals surface area contributed by atoms with Gasteiger partial charge in [0.15, 0.2) is 5.95 Å². The van der Waals surface area contributed by atoms with Crippen molar-refractivity contribution < 1.29 is 45.8 Å². The number of ketones is 1. The van der Waals surface area contributed by atoms with Crippen LogP contribution >= 0.6 is 11.3 Å². The number of alkyl halides is 3. The number of nitrogens with zero attached hydrogens (tertiary/aromatic N) is 3. The smallest absolute Gasteiger partial charge is 0.539 e. The van der Waals surface area contributed by atoms with Crippen LogP contribution in [0.3, 0.4) is 0 Å². The Morgan fingerprint density at radius 1 is 0.977 bits per heavy atom. The van der Waals surface area contributed by atoms with E-state index in [1.165, 1.54) is 6.07 Å². The van der Waals surface area contributed by atoms with Crippen LogP contribution in [0.1, 0.15) is 15.4 Å². The lowest BCUT2D eigenvalue weighted by Gasteiger charge is -2.10. The number of carbonyl (C=O) groups is 1. The number of benzene rings is 3. The lowest BCUT2D eigenvalue weighted by molar-refractivity contribution is -0.672. The topological polar surface area (TPSA) is 118 Å². The second-order valence-electron chi connectivity index (χ2n) is 9.06. The number of anilines is 1. The van der Waals surface area contributed by atoms with Gasteiger partial charge >= 0.3 is 12.1 Å². The van der Waals surface area contributed by atoms with E-state index >= 15 is 4.39 Å². The summed E-state index contributed by atoms with van der Waals surface area (Å²) in [5.74, 6) is -4.26. The molecule has 0 atom stereocenters. The number of ether oxygens (including phenoxy) is 1. The monoisotopic (exact) mass is 610 g/mol. The largest absolute Gasteiger partial charge is 0.573 e. The molecule has 0 amide bonds. The standard InChI is InChI=1S/C29H15F5N4O4S/c30-15-6-11-18(20(31)12-15)19-13-21(14-4-2-1-3-5-14)36-27-22(19)23(35)26(43-27)25(39)24-28(40)42-37-38(24)16-7-9-17(10-8-16)41-29(32,33)34/h1-13H,(H2-,35,37,39,40). The van der Waals surface area contributed by atoms with Crippen molar-refractivity contribution in [1.82, 2.24) is 10.3 Å². The minimum absolute atomic E-state index is 0.000186. The molecule has 0 saturated heterocycles. The van der Waals surface area contributed by atoms with Crippen LogP contribution in [-0.4, -0.2) is 22.4 Å². The van der Waals surface area contributed by atoms with Gasteiger partial charge in [0.05, 0.1) is 16.7 Å². The van der Waals surface area contributed by atoms with Gasteiger partial charge < -0.3 is 20.1 Å². The van der Waals surface area contributed by atoms with Gasteiger partial charge in [0.25, 0.3) is 5.78 Å². The summed E-state index contributed by atoms with van der Waals surface area (Å²) in [6.45, 7) is 0. The molecule has 0 fully saturated rings. The Kier molecular flexibility index (Phi) is 6.77. The molecule has 8 nitrogen and oxygen atoms in total. The van der Waals surface area contributed by atoms with E-state index in [-0.39, 0.29) is 37.6 Å². The lowest BCUT2D eigenvalue weighted by Crippen LogP contribution is -2.39. The van der Waals surface area contributed by atoms with Crippen molar-refractivity contribution in [2.45, 2.75) is 6.36 Å². The summed E-state index contributed by atoms with van der Waals surface area (Å²) in [5, 5.41) is 16.4. The Bertz CT molecular complexity index is 2010. The van der Waals surface area contributed by atoms with Crippen molar-refractivity contribution in [2.24, 2.45) is 0 Å². The van der Waals surface area contributed by atoms with Crippen LogP contribution < -0.4 is 20.3 Å². The van der Waals surface area contributed by atoms with Crippen molar-refractivity contribution in [3.05, 3.63) is 101 Å². The third-order valence-corrected chi connectivity index (χ3v) is 7.43. The highest BCUT2D eigenvalue weighted by atomic mass is 32.1. The van der Waals surface area contributed by atoms with Gasteiger partial charge in [-0.3, -0.25) is 4.79 Å². The normalized spacial score (nSPS) is 11.7. The number of nitrogen functional groups attached to an aromatic ring is 1. The van der Waals surface area contributed by atoms with Crippen molar-refractivity contribution in [1.29, 1.82) is 0 Å². The molecule has 0 bridgehead atoms. The van der Waals surface area contributed by atoms with Gasteiger partial charge in [-0.15, -0.1) is 24.5 Å². The Morgan fingerprint density at radius 2 is 1.70 bits per heavy atom. The van der Waals surface area contributed by atoms with Crippen LogP contribution in [-0.2, 0) is 0 Å². The maximum atomic E-state index is 15.0. The van der Waals surface area contributed by atoms with Gasteiger partial charge in [-0.05, 0) is 40.6 Å². The fourth-order valence-corrected chi connectivity index (χ4v) is 5.54. The number of hydrogen-bond donors (Lipinski definition) is 1. The summed E-state index contributed by atoms with van der Waals surface area (Å²) in [6, 6.07) is 17.7. The summed E-state index contributed by atoms with van der Waals surface area (Å²) < 4.78 is 75.8. The molecule has 2 N–H and O–H groups in total. The molecule has 6 aromatic rings. The van der Waals surface area contributed by atoms with Gasteiger partial charge in [-0.2, -0.15) is 0 Å². The first-order valence-electron chi connectivity index (χ1n) is 12.2. The average molecular weight is 611 g/mol. The van der Waals surface area contributed by atoms with Crippen LogP contribution in [0.25, 0.3) is 38.3 Å². The quantitative estimate of drug-likeness (QED) is 0.141. The Morgan fingerprint density at radius 3 is 2.37 bits per heavy atom. The molecule has 43 heavy (non-hydrogen) atoms. The van der Waals surface area contributed by atoms with Crippen molar-refractivity contribution in [3.8, 4) is 39.8 Å². The molecule has 3 aromatic carbocycles. The number of halogens is 5. The van der Waals surface area contributed by atoms with Crippen LogP contribution in [0, 0.1) is 11.6 Å². The van der Waals surface area contributed by atoms with Gasteiger partial charge in [-0.1, -0.05) is 30.3 Å². The summed E-state index contributed by atoms with van der Waals surface area (Å²) in [5.41, 5.74) is 7.05. The van der Waals surface area contributed by atoms with Crippen molar-refractivity contribution >= 4 is 33.0 Å². The molecule has 0 unspecified atom stereocenters. The first-order valence-corrected chi connectivity index (χ1v) is 13.1. The summed E-state index contributed by atoms with van der Waals surface area (Å²) in [7, 11) is 0. The number of rotatable bonds is 6. The molecule has 0 aliphatic heterocycles. The lowest BCUT2D eigenvalue weighted by atomic mass is 9.98. The second-order valence-corrected chi connectivity index (χ2v) is 10.1. The molecule has 3 aromatic heterocycles. The van der Waals surface area contributed by atoms with Gasteiger partial charge in [0.1, 0.15) is 27.1 Å². The molecule has 0 aliphatic rings. The molecule has 3 heterocycles. The minimum Gasteiger partial charge on any atom is -0.539 e. The van der Waals surface area contributed by atoms with Crippen LogP contribution in [0.15, 0.2) is 83.4 Å². The number of pyridine rings is 1. The maximum Gasteiger partial charge on any atom is 0.573 e. The highest BCUT2D eigenvalue weighted by Crippen LogP contribution is 2.43. The van der Waals surface area contributed by atoms with E-state index in [9.17, 15) is 27.5 Å². The third kappa shape index (κ3) is 5.23. The van der Waals surface area contributed by atoms with E-state index in [0.717, 1.165) is 46.4 Å². The van der Waals surface area contributed by atoms with Crippen LogP contribution in [0.4, 0.5) is 27.6 Å². The van der Waals surface area contributed by atoms with Crippen LogP contribution in [0.2, 0.25) is 0 Å². The Balaban J connectivity index is 1.50. The first-order chi connectivity index (χ1) is 20.5. The van der Waals surface area contributed by atoms with Crippen molar-refractivity contribution in [3.63, 3.8) is 0 Å². The van der Waals surface area contributed by atoms with Crippen molar-refractivity contribution in [2.75, 3.05) is 5.73 Å². The van der Waals surface area contributed by atoms with E-state index in [0.29, 0.717) is 17.3 Å². The molecule has 0 radical (unpaired) electrons. The van der Waals surface area contributed by atoms with Gasteiger partial charge in [-0.25, -0.2) is 13.8 Å². The SMILES string of the molecule is Nc1c(C(=O)c2c([O-])on[n+]2-c2ccc(OC(F)(F)F)cc2)sc2nc(-c3ccccc3)cc(-c3ccc(F)cc3F)c12. The fraction of sp³-hybridized carbons (Fsp3) is 0.0345.